The van der Waals surface area contributed by atoms with E-state index in [9.17, 15) is 5.11 Å². The van der Waals surface area contributed by atoms with Crippen LogP contribution in [0.25, 0.3) is 0 Å². The number of aliphatic hydroxyl groups is 1. The van der Waals surface area contributed by atoms with Gasteiger partial charge in [0.15, 0.2) is 0 Å². The van der Waals surface area contributed by atoms with Crippen LogP contribution in [0.15, 0.2) is 28.7 Å². The van der Waals surface area contributed by atoms with Crippen LogP contribution in [0.5, 0.6) is 0 Å². The Labute approximate surface area is 168 Å². The molecule has 25 heavy (non-hydrogen) atoms. The number of ether oxygens (including phenoxy) is 1. The van der Waals surface area contributed by atoms with Crippen molar-refractivity contribution in [1.82, 2.24) is 10.2 Å². The maximum Gasteiger partial charge on any atom is 0.0832 e. The van der Waals surface area contributed by atoms with Crippen LogP contribution >= 0.6 is 39.7 Å². The third-order valence-corrected chi connectivity index (χ3v) is 5.40. The molecule has 8 heteroatoms. The van der Waals surface area contributed by atoms with E-state index in [-0.39, 0.29) is 5.92 Å². The predicted molar refractivity (Wildman–Crippen MR) is 104 cm³/mol. The minimum Gasteiger partial charge on any atom is -0.389 e. The van der Waals surface area contributed by atoms with Gasteiger partial charge in [0.25, 0.3) is 0 Å². The van der Waals surface area contributed by atoms with Crippen LogP contribution in [0, 0.1) is 0 Å². The summed E-state index contributed by atoms with van der Waals surface area (Å²) in [5, 5.41) is 14.7. The number of hydrogen-bond acceptors (Lipinski definition) is 5. The Morgan fingerprint density at radius 3 is 2.52 bits per heavy atom. The van der Waals surface area contributed by atoms with Gasteiger partial charge >= 0.3 is 0 Å². The van der Waals surface area contributed by atoms with Gasteiger partial charge in [0.1, 0.15) is 0 Å². The van der Waals surface area contributed by atoms with Crippen LogP contribution in [0.4, 0.5) is 0 Å². The van der Waals surface area contributed by atoms with Crippen LogP contribution < -0.4 is 5.32 Å². The smallest absolute Gasteiger partial charge is 0.0832 e. The highest BCUT2D eigenvalue weighted by Crippen LogP contribution is 2.37. The Balaban J connectivity index is 0.000000701. The van der Waals surface area contributed by atoms with Crippen molar-refractivity contribution in [2.75, 3.05) is 45.9 Å². The highest BCUT2D eigenvalue weighted by Gasteiger charge is 2.40. The second-order valence-corrected chi connectivity index (χ2v) is 7.81. The van der Waals surface area contributed by atoms with Crippen molar-refractivity contribution < 1.29 is 13.7 Å². The molecule has 0 radical (unpaired) electrons. The molecule has 0 spiro atoms. The molecule has 2 fully saturated rings. The molecule has 2 N–H and O–H groups in total. The summed E-state index contributed by atoms with van der Waals surface area (Å²) >= 11 is 12.1. The minimum absolute atomic E-state index is 0.131. The lowest BCUT2D eigenvalue weighted by atomic mass is 9.76. The molecule has 2 aliphatic rings. The van der Waals surface area contributed by atoms with Crippen LogP contribution in [-0.2, 0) is 8.58 Å². The second-order valence-electron chi connectivity index (χ2n) is 6.43. The average molecular weight is 456 g/mol. The Hall–Kier alpha value is 0.0800. The van der Waals surface area contributed by atoms with E-state index < -0.39 is 5.60 Å². The van der Waals surface area contributed by atoms with E-state index in [1.165, 1.54) is 5.56 Å². The number of halogens is 3. The van der Waals surface area contributed by atoms with Crippen molar-refractivity contribution in [2.24, 2.45) is 0 Å². The first kappa shape index (κ1) is 21.4. The third-order valence-electron chi connectivity index (χ3n) is 4.91. The SMILES string of the molecule is ClOCl.OC1(C(CN2CCNCC2)c2cccc(Br)c2)CCOCC1. The first-order chi connectivity index (χ1) is 12.1. The molecule has 0 saturated carbocycles. The van der Waals surface area contributed by atoms with Crippen LogP contribution in [0.1, 0.15) is 24.3 Å². The normalized spacial score (nSPS) is 21.9. The third kappa shape index (κ3) is 6.63. The Morgan fingerprint density at radius 1 is 1.28 bits per heavy atom. The quantitative estimate of drug-likeness (QED) is 0.729. The van der Waals surface area contributed by atoms with Gasteiger partial charge in [-0.3, -0.25) is 0 Å². The zero-order valence-corrected chi connectivity index (χ0v) is 17.2. The van der Waals surface area contributed by atoms with E-state index in [1.807, 2.05) is 6.07 Å². The summed E-state index contributed by atoms with van der Waals surface area (Å²) in [5.74, 6) is 0.131. The zero-order chi connectivity index (χ0) is 18.1. The van der Waals surface area contributed by atoms with Gasteiger partial charge in [-0.05, 0) is 17.7 Å². The van der Waals surface area contributed by atoms with Crippen molar-refractivity contribution in [3.63, 3.8) is 0 Å². The molecule has 1 aromatic rings. The molecular weight excluding hydrogens is 431 g/mol. The topological polar surface area (TPSA) is 54.0 Å². The summed E-state index contributed by atoms with van der Waals surface area (Å²) in [7, 11) is 0. The van der Waals surface area contributed by atoms with E-state index in [4.69, 9.17) is 4.74 Å². The Morgan fingerprint density at radius 2 is 1.92 bits per heavy atom. The van der Waals surface area contributed by atoms with Crippen molar-refractivity contribution >= 4 is 39.7 Å². The van der Waals surface area contributed by atoms with E-state index >= 15 is 0 Å². The fraction of sp³-hybridized carbons (Fsp3) is 0.647. The fourth-order valence-corrected chi connectivity index (χ4v) is 3.95. The van der Waals surface area contributed by atoms with Crippen molar-refractivity contribution in [3.8, 4) is 0 Å². The first-order valence-corrected chi connectivity index (χ1v) is 9.88. The number of piperazine rings is 1. The van der Waals surface area contributed by atoms with Crippen molar-refractivity contribution in [1.29, 1.82) is 0 Å². The Bertz CT molecular complexity index is 512. The van der Waals surface area contributed by atoms with Gasteiger partial charge in [-0.1, -0.05) is 28.1 Å². The van der Waals surface area contributed by atoms with E-state index in [0.29, 0.717) is 13.2 Å². The number of nitrogens with zero attached hydrogens (tertiary/aromatic N) is 1. The molecule has 1 atom stereocenters. The van der Waals surface area contributed by atoms with Gasteiger partial charge in [0.2, 0.25) is 0 Å². The summed E-state index contributed by atoms with van der Waals surface area (Å²) in [6.07, 6.45) is 1.44. The zero-order valence-electron chi connectivity index (χ0n) is 14.1. The van der Waals surface area contributed by atoms with E-state index in [2.05, 4.69) is 71.9 Å². The lowest BCUT2D eigenvalue weighted by Gasteiger charge is -2.42. The van der Waals surface area contributed by atoms with Gasteiger partial charge in [-0.25, -0.2) is 0 Å². The van der Waals surface area contributed by atoms with Crippen molar-refractivity contribution in [3.05, 3.63) is 34.3 Å². The summed E-state index contributed by atoms with van der Waals surface area (Å²) in [6.45, 7) is 6.40. The van der Waals surface area contributed by atoms with Gasteiger partial charge in [-0.2, -0.15) is 3.84 Å². The molecule has 2 saturated heterocycles. The van der Waals surface area contributed by atoms with Crippen LogP contribution in [0.2, 0.25) is 0 Å². The number of hydrogen-bond donors (Lipinski definition) is 2. The monoisotopic (exact) mass is 454 g/mol. The molecule has 5 nitrogen and oxygen atoms in total. The van der Waals surface area contributed by atoms with Crippen molar-refractivity contribution in [2.45, 2.75) is 24.4 Å². The van der Waals surface area contributed by atoms with Crippen LogP contribution in [-0.4, -0.2) is 61.5 Å². The molecule has 2 aliphatic heterocycles. The summed E-state index contributed by atoms with van der Waals surface area (Å²) in [4.78, 5) is 2.47. The molecule has 1 aromatic carbocycles. The fourth-order valence-electron chi connectivity index (χ4n) is 3.53. The minimum atomic E-state index is -0.663. The molecule has 1 unspecified atom stereocenters. The lowest BCUT2D eigenvalue weighted by molar-refractivity contribution is -0.0851. The highest BCUT2D eigenvalue weighted by atomic mass is 79.9. The maximum absolute atomic E-state index is 11.3. The molecule has 0 amide bonds. The summed E-state index contributed by atoms with van der Waals surface area (Å²) in [5.41, 5.74) is 0.557. The number of rotatable bonds is 4. The average Bonchev–Trinajstić information content (AvgIpc) is 2.62. The number of nitrogens with one attached hydrogen (secondary N) is 1. The first-order valence-electron chi connectivity index (χ1n) is 8.47. The Kier molecular flexibility index (Phi) is 9.45. The molecule has 0 bridgehead atoms. The lowest BCUT2D eigenvalue weighted by Crippen LogP contribution is -2.50. The van der Waals surface area contributed by atoms with Crippen LogP contribution in [0.3, 0.4) is 0 Å². The summed E-state index contributed by atoms with van der Waals surface area (Å²) in [6, 6.07) is 8.40. The van der Waals surface area contributed by atoms with Gasteiger partial charge in [-0.15, -0.1) is 0 Å². The second kappa shape index (κ2) is 11.0. The largest absolute Gasteiger partial charge is 0.389 e. The molecule has 0 aromatic heterocycles. The molecule has 3 rings (SSSR count). The van der Waals surface area contributed by atoms with Gasteiger partial charge in [0.05, 0.1) is 29.3 Å². The highest BCUT2D eigenvalue weighted by molar-refractivity contribution is 9.10. The van der Waals surface area contributed by atoms with Gasteiger partial charge in [0, 0.05) is 69.2 Å². The number of benzene rings is 1. The standard InChI is InChI=1S/C17H25BrN2O2.Cl2O/c18-15-3-1-2-14(12-15)16(13-20-8-6-19-7-9-20)17(21)4-10-22-11-5-17;1-3-2/h1-3,12,16,19,21H,4-11,13H2;. The van der Waals surface area contributed by atoms with Gasteiger partial charge < -0.3 is 20.1 Å². The maximum atomic E-state index is 11.3. The molecule has 2 heterocycles. The molecule has 0 aliphatic carbocycles. The predicted octanol–water partition coefficient (Wildman–Crippen LogP) is 3.29. The van der Waals surface area contributed by atoms with E-state index in [0.717, 1.165) is 50.0 Å². The summed E-state index contributed by atoms with van der Waals surface area (Å²) < 4.78 is 9.74. The van der Waals surface area contributed by atoms with E-state index in [1.54, 1.807) is 0 Å². The molecular formula is C17H25BrCl2N2O3. The molecule has 142 valence electrons.